The summed E-state index contributed by atoms with van der Waals surface area (Å²) < 4.78 is 5.27. The Morgan fingerprint density at radius 1 is 1.42 bits per heavy atom. The highest BCUT2D eigenvalue weighted by Gasteiger charge is 2.10. The van der Waals surface area contributed by atoms with Gasteiger partial charge in [0.05, 0.1) is 16.3 Å². The minimum absolute atomic E-state index is 0.386. The third kappa shape index (κ3) is 3.44. The zero-order chi connectivity index (χ0) is 13.8. The molecule has 2 aromatic rings. The van der Waals surface area contributed by atoms with Gasteiger partial charge in [0.2, 0.25) is 0 Å². The van der Waals surface area contributed by atoms with E-state index in [2.05, 4.69) is 0 Å². The molecule has 1 aromatic carbocycles. The van der Waals surface area contributed by atoms with Crippen LogP contribution in [-0.2, 0) is 5.75 Å². The van der Waals surface area contributed by atoms with Gasteiger partial charge in [-0.3, -0.25) is 10.2 Å². The molecule has 0 atom stereocenters. The smallest absolute Gasteiger partial charge is 0.268 e. The lowest BCUT2D eigenvalue weighted by Gasteiger charge is -2.03. The zero-order valence-corrected chi connectivity index (χ0v) is 11.4. The van der Waals surface area contributed by atoms with Crippen LogP contribution in [-0.4, -0.2) is 5.91 Å². The molecular weight excluding hydrogens is 286 g/mol. The standard InChI is InChI=1S/C12H12ClN3O2S/c13-10-2-1-8(14)4-11(10)19-6-9-3-7(5-18-9)12(17)16-15/h1-5H,6,14-15H2,(H,16,17). The number of hydrazine groups is 1. The minimum Gasteiger partial charge on any atom is -0.468 e. The van der Waals surface area contributed by atoms with Crippen molar-refractivity contribution in [3.63, 3.8) is 0 Å². The number of benzene rings is 1. The molecule has 0 unspecified atom stereocenters. The Labute approximate surface area is 119 Å². The highest BCUT2D eigenvalue weighted by Crippen LogP contribution is 2.31. The van der Waals surface area contributed by atoms with Gasteiger partial charge < -0.3 is 10.2 Å². The molecule has 5 N–H and O–H groups in total. The minimum atomic E-state index is -0.387. The van der Waals surface area contributed by atoms with Gasteiger partial charge in [0.1, 0.15) is 12.0 Å². The molecule has 5 nitrogen and oxygen atoms in total. The molecule has 0 saturated heterocycles. The Hall–Kier alpha value is -1.63. The fraction of sp³-hybridized carbons (Fsp3) is 0.0833. The van der Waals surface area contributed by atoms with Gasteiger partial charge >= 0.3 is 0 Å². The van der Waals surface area contributed by atoms with E-state index in [1.807, 2.05) is 5.43 Å². The summed E-state index contributed by atoms with van der Waals surface area (Å²) in [4.78, 5) is 12.1. The maximum absolute atomic E-state index is 11.3. The average Bonchev–Trinajstić information content (AvgIpc) is 2.88. The molecule has 0 fully saturated rings. The molecule has 0 saturated carbocycles. The molecule has 0 aliphatic carbocycles. The first kappa shape index (κ1) is 13.8. The molecule has 0 aliphatic heterocycles. The summed E-state index contributed by atoms with van der Waals surface area (Å²) in [6.45, 7) is 0. The summed E-state index contributed by atoms with van der Waals surface area (Å²) in [6, 6.07) is 6.91. The molecule has 1 amide bonds. The lowest BCUT2D eigenvalue weighted by atomic mass is 10.3. The molecule has 1 heterocycles. The van der Waals surface area contributed by atoms with E-state index in [0.717, 1.165) is 4.90 Å². The molecule has 0 bridgehead atoms. The lowest BCUT2D eigenvalue weighted by Crippen LogP contribution is -2.29. The lowest BCUT2D eigenvalue weighted by molar-refractivity contribution is 0.0953. The Bertz CT molecular complexity index is 600. The monoisotopic (exact) mass is 297 g/mol. The number of thioether (sulfide) groups is 1. The van der Waals surface area contributed by atoms with Crippen molar-refractivity contribution in [3.8, 4) is 0 Å². The second-order valence-electron chi connectivity index (χ2n) is 3.75. The summed E-state index contributed by atoms with van der Waals surface area (Å²) in [5.41, 5.74) is 8.77. The number of halogens is 1. The highest BCUT2D eigenvalue weighted by molar-refractivity contribution is 7.98. The maximum Gasteiger partial charge on any atom is 0.268 e. The number of furan rings is 1. The number of carbonyl (C=O) groups is 1. The van der Waals surface area contributed by atoms with Crippen molar-refractivity contribution in [2.24, 2.45) is 5.84 Å². The van der Waals surface area contributed by atoms with Crippen molar-refractivity contribution in [3.05, 3.63) is 46.9 Å². The normalized spacial score (nSPS) is 10.4. The zero-order valence-electron chi connectivity index (χ0n) is 9.85. The van der Waals surface area contributed by atoms with Crippen molar-refractivity contribution in [2.75, 3.05) is 5.73 Å². The van der Waals surface area contributed by atoms with Crippen molar-refractivity contribution in [2.45, 2.75) is 10.6 Å². The second kappa shape index (κ2) is 6.01. The number of rotatable bonds is 4. The van der Waals surface area contributed by atoms with Crippen LogP contribution in [0, 0.1) is 0 Å². The summed E-state index contributed by atoms with van der Waals surface area (Å²) >= 11 is 7.53. The van der Waals surface area contributed by atoms with Crippen LogP contribution in [0.1, 0.15) is 16.1 Å². The van der Waals surface area contributed by atoms with E-state index in [4.69, 9.17) is 27.6 Å². The highest BCUT2D eigenvalue weighted by atomic mass is 35.5. The molecule has 100 valence electrons. The number of nitrogens with one attached hydrogen (secondary N) is 1. The molecule has 19 heavy (non-hydrogen) atoms. The van der Waals surface area contributed by atoms with Crippen LogP contribution in [0.15, 0.2) is 39.8 Å². The number of hydrogen-bond donors (Lipinski definition) is 3. The van der Waals surface area contributed by atoms with Crippen LogP contribution in [0.2, 0.25) is 5.02 Å². The number of nitrogen functional groups attached to an aromatic ring is 2. The summed E-state index contributed by atoms with van der Waals surface area (Å²) in [7, 11) is 0. The quantitative estimate of drug-likeness (QED) is 0.265. The molecule has 0 radical (unpaired) electrons. The van der Waals surface area contributed by atoms with E-state index >= 15 is 0 Å². The Morgan fingerprint density at radius 3 is 2.95 bits per heavy atom. The molecule has 7 heteroatoms. The van der Waals surface area contributed by atoms with Gasteiger partial charge in [0.25, 0.3) is 5.91 Å². The predicted molar refractivity (Wildman–Crippen MR) is 75.8 cm³/mol. The number of hydrogen-bond acceptors (Lipinski definition) is 5. The van der Waals surface area contributed by atoms with Gasteiger partial charge in [0, 0.05) is 10.6 Å². The first-order chi connectivity index (χ1) is 9.10. The molecular formula is C12H12ClN3O2S. The van der Waals surface area contributed by atoms with Crippen molar-refractivity contribution >= 4 is 35.0 Å². The van der Waals surface area contributed by atoms with Gasteiger partial charge in [0.15, 0.2) is 0 Å². The summed E-state index contributed by atoms with van der Waals surface area (Å²) in [5, 5.41) is 0.630. The third-order valence-corrected chi connectivity index (χ3v) is 3.89. The van der Waals surface area contributed by atoms with E-state index in [9.17, 15) is 4.79 Å². The van der Waals surface area contributed by atoms with Crippen LogP contribution >= 0.6 is 23.4 Å². The predicted octanol–water partition coefficient (Wildman–Crippen LogP) is 2.41. The SMILES string of the molecule is NNC(=O)c1coc(CSc2cc(N)ccc2Cl)c1. The Balaban J connectivity index is 2.04. The van der Waals surface area contributed by atoms with Crippen LogP contribution in [0.4, 0.5) is 5.69 Å². The van der Waals surface area contributed by atoms with E-state index in [1.54, 1.807) is 24.3 Å². The van der Waals surface area contributed by atoms with Crippen LogP contribution in [0.5, 0.6) is 0 Å². The van der Waals surface area contributed by atoms with Gasteiger partial charge in [-0.1, -0.05) is 11.6 Å². The average molecular weight is 298 g/mol. The number of anilines is 1. The second-order valence-corrected chi connectivity index (χ2v) is 5.18. The Kier molecular flexibility index (Phi) is 4.36. The first-order valence-electron chi connectivity index (χ1n) is 5.36. The van der Waals surface area contributed by atoms with E-state index in [1.165, 1.54) is 18.0 Å². The van der Waals surface area contributed by atoms with Crippen molar-refractivity contribution < 1.29 is 9.21 Å². The number of amides is 1. The summed E-state index contributed by atoms with van der Waals surface area (Å²) in [5.74, 6) is 5.85. The van der Waals surface area contributed by atoms with Crippen molar-refractivity contribution in [1.82, 2.24) is 5.43 Å². The molecule has 2 rings (SSSR count). The molecule has 0 spiro atoms. The van der Waals surface area contributed by atoms with Gasteiger partial charge in [-0.25, -0.2) is 5.84 Å². The van der Waals surface area contributed by atoms with Crippen LogP contribution in [0.25, 0.3) is 0 Å². The van der Waals surface area contributed by atoms with Crippen LogP contribution in [0.3, 0.4) is 0 Å². The topological polar surface area (TPSA) is 94.3 Å². The molecule has 1 aromatic heterocycles. The third-order valence-electron chi connectivity index (χ3n) is 2.37. The number of nitrogens with two attached hydrogens (primary N) is 2. The van der Waals surface area contributed by atoms with Gasteiger partial charge in [-0.2, -0.15) is 0 Å². The largest absolute Gasteiger partial charge is 0.468 e. The first-order valence-corrected chi connectivity index (χ1v) is 6.72. The van der Waals surface area contributed by atoms with Crippen LogP contribution < -0.4 is 17.0 Å². The van der Waals surface area contributed by atoms with E-state index in [-0.39, 0.29) is 5.91 Å². The molecule has 0 aliphatic rings. The fourth-order valence-corrected chi connectivity index (χ4v) is 2.59. The number of carbonyl (C=O) groups excluding carboxylic acids is 1. The van der Waals surface area contributed by atoms with E-state index < -0.39 is 0 Å². The Morgan fingerprint density at radius 2 is 2.21 bits per heavy atom. The van der Waals surface area contributed by atoms with E-state index in [0.29, 0.717) is 27.8 Å². The van der Waals surface area contributed by atoms with Gasteiger partial charge in [-0.05, 0) is 24.3 Å². The fourth-order valence-electron chi connectivity index (χ4n) is 1.44. The maximum atomic E-state index is 11.3. The van der Waals surface area contributed by atoms with Crippen molar-refractivity contribution in [1.29, 1.82) is 0 Å². The van der Waals surface area contributed by atoms with Gasteiger partial charge in [-0.15, -0.1) is 11.8 Å². The summed E-state index contributed by atoms with van der Waals surface area (Å²) in [6.07, 6.45) is 1.36.